The standard InChI is InChI=1S/C9H20N2/c1-9(2)6-8(10)4-5-11(3)7-9/h8H,4-7,10H2,1-3H3. The maximum absolute atomic E-state index is 5.95. The van der Waals surface area contributed by atoms with Crippen molar-refractivity contribution in [3.63, 3.8) is 0 Å². The first kappa shape index (κ1) is 9.01. The number of likely N-dealkylation sites (tertiary alicyclic amines) is 1. The van der Waals surface area contributed by atoms with E-state index < -0.39 is 0 Å². The Morgan fingerprint density at radius 3 is 2.73 bits per heavy atom. The van der Waals surface area contributed by atoms with Gasteiger partial charge < -0.3 is 10.6 Å². The Labute approximate surface area is 69.8 Å². The van der Waals surface area contributed by atoms with Gasteiger partial charge in [0.25, 0.3) is 0 Å². The van der Waals surface area contributed by atoms with Crippen LogP contribution >= 0.6 is 0 Å². The fourth-order valence-electron chi connectivity index (χ4n) is 2.07. The summed E-state index contributed by atoms with van der Waals surface area (Å²) in [5, 5.41) is 0. The van der Waals surface area contributed by atoms with Gasteiger partial charge in [-0.05, 0) is 31.8 Å². The first-order valence-electron chi connectivity index (χ1n) is 4.44. The summed E-state index contributed by atoms with van der Waals surface area (Å²) in [5.41, 5.74) is 6.35. The molecule has 1 fully saturated rings. The van der Waals surface area contributed by atoms with Crippen LogP contribution in [0.4, 0.5) is 0 Å². The third-order valence-electron chi connectivity index (χ3n) is 2.39. The Kier molecular flexibility index (Phi) is 2.55. The zero-order valence-corrected chi connectivity index (χ0v) is 7.93. The van der Waals surface area contributed by atoms with E-state index in [-0.39, 0.29) is 0 Å². The van der Waals surface area contributed by atoms with Crippen molar-refractivity contribution in [3.05, 3.63) is 0 Å². The minimum absolute atomic E-state index is 0.407. The van der Waals surface area contributed by atoms with Gasteiger partial charge in [0.15, 0.2) is 0 Å². The quantitative estimate of drug-likeness (QED) is 0.568. The molecule has 1 aliphatic heterocycles. The first-order valence-corrected chi connectivity index (χ1v) is 4.44. The predicted molar refractivity (Wildman–Crippen MR) is 48.5 cm³/mol. The highest BCUT2D eigenvalue weighted by molar-refractivity contribution is 4.82. The highest BCUT2D eigenvalue weighted by Gasteiger charge is 2.26. The van der Waals surface area contributed by atoms with Crippen molar-refractivity contribution in [3.8, 4) is 0 Å². The van der Waals surface area contributed by atoms with Gasteiger partial charge in [-0.25, -0.2) is 0 Å². The normalized spacial score (nSPS) is 33.3. The van der Waals surface area contributed by atoms with Crippen molar-refractivity contribution >= 4 is 0 Å². The van der Waals surface area contributed by atoms with E-state index in [1.807, 2.05) is 0 Å². The van der Waals surface area contributed by atoms with E-state index in [4.69, 9.17) is 5.73 Å². The number of nitrogens with two attached hydrogens (primary N) is 1. The van der Waals surface area contributed by atoms with Crippen molar-refractivity contribution in [2.45, 2.75) is 32.7 Å². The van der Waals surface area contributed by atoms with Crippen LogP contribution in [-0.4, -0.2) is 31.1 Å². The molecule has 0 radical (unpaired) electrons. The van der Waals surface area contributed by atoms with E-state index in [0.717, 1.165) is 19.4 Å². The summed E-state index contributed by atoms with van der Waals surface area (Å²) in [5.74, 6) is 0. The topological polar surface area (TPSA) is 29.3 Å². The summed E-state index contributed by atoms with van der Waals surface area (Å²) in [6.45, 7) is 6.94. The second-order valence-corrected chi connectivity index (χ2v) is 4.65. The van der Waals surface area contributed by atoms with Gasteiger partial charge in [-0.3, -0.25) is 0 Å². The molecule has 2 heteroatoms. The molecule has 1 heterocycles. The van der Waals surface area contributed by atoms with E-state index >= 15 is 0 Å². The van der Waals surface area contributed by atoms with E-state index in [1.54, 1.807) is 0 Å². The summed E-state index contributed by atoms with van der Waals surface area (Å²) in [6, 6.07) is 0.412. The number of nitrogens with zero attached hydrogens (tertiary/aromatic N) is 1. The van der Waals surface area contributed by atoms with Crippen LogP contribution in [0.5, 0.6) is 0 Å². The average Bonchev–Trinajstić information content (AvgIpc) is 1.89. The Bertz CT molecular complexity index is 118. The van der Waals surface area contributed by atoms with E-state index in [9.17, 15) is 0 Å². The maximum atomic E-state index is 5.95. The fraction of sp³-hybridized carbons (Fsp3) is 1.00. The van der Waals surface area contributed by atoms with Gasteiger partial charge >= 0.3 is 0 Å². The van der Waals surface area contributed by atoms with Crippen molar-refractivity contribution < 1.29 is 0 Å². The lowest BCUT2D eigenvalue weighted by Gasteiger charge is -2.27. The molecule has 11 heavy (non-hydrogen) atoms. The van der Waals surface area contributed by atoms with E-state index in [0.29, 0.717) is 11.5 Å². The molecule has 1 unspecified atom stereocenters. The van der Waals surface area contributed by atoms with E-state index in [2.05, 4.69) is 25.8 Å². The van der Waals surface area contributed by atoms with Crippen LogP contribution < -0.4 is 5.73 Å². The molecule has 0 bridgehead atoms. The monoisotopic (exact) mass is 156 g/mol. The fourth-order valence-corrected chi connectivity index (χ4v) is 2.07. The predicted octanol–water partition coefficient (Wildman–Crippen LogP) is 1.07. The zero-order valence-electron chi connectivity index (χ0n) is 7.93. The molecule has 66 valence electrons. The van der Waals surface area contributed by atoms with Crippen molar-refractivity contribution in [2.24, 2.45) is 11.1 Å². The second-order valence-electron chi connectivity index (χ2n) is 4.65. The largest absolute Gasteiger partial charge is 0.328 e. The van der Waals surface area contributed by atoms with Gasteiger partial charge in [0.2, 0.25) is 0 Å². The van der Waals surface area contributed by atoms with Gasteiger partial charge in [-0.2, -0.15) is 0 Å². The maximum Gasteiger partial charge on any atom is 0.00565 e. The van der Waals surface area contributed by atoms with Gasteiger partial charge in [0.05, 0.1) is 0 Å². The van der Waals surface area contributed by atoms with Crippen LogP contribution in [0.25, 0.3) is 0 Å². The molecule has 0 saturated carbocycles. The number of hydrogen-bond donors (Lipinski definition) is 1. The molecule has 0 aromatic heterocycles. The molecule has 0 aromatic carbocycles. The molecule has 1 atom stereocenters. The van der Waals surface area contributed by atoms with Crippen molar-refractivity contribution in [1.82, 2.24) is 4.90 Å². The molecule has 1 aliphatic rings. The van der Waals surface area contributed by atoms with Crippen LogP contribution in [0.2, 0.25) is 0 Å². The average molecular weight is 156 g/mol. The molecular formula is C9H20N2. The van der Waals surface area contributed by atoms with Gasteiger partial charge in [-0.1, -0.05) is 13.8 Å². The van der Waals surface area contributed by atoms with Crippen molar-refractivity contribution in [2.75, 3.05) is 20.1 Å². The molecule has 0 aromatic rings. The third-order valence-corrected chi connectivity index (χ3v) is 2.39. The molecule has 0 spiro atoms. The molecule has 0 aliphatic carbocycles. The summed E-state index contributed by atoms with van der Waals surface area (Å²) >= 11 is 0. The second kappa shape index (κ2) is 3.11. The SMILES string of the molecule is CN1CCC(N)CC(C)(C)C1. The summed E-state index contributed by atoms with van der Waals surface area (Å²) in [4.78, 5) is 2.38. The van der Waals surface area contributed by atoms with Crippen LogP contribution in [0.15, 0.2) is 0 Å². The summed E-state index contributed by atoms with van der Waals surface area (Å²) < 4.78 is 0. The van der Waals surface area contributed by atoms with Gasteiger partial charge in [0.1, 0.15) is 0 Å². The molecule has 1 saturated heterocycles. The van der Waals surface area contributed by atoms with Crippen LogP contribution in [0, 0.1) is 5.41 Å². The first-order chi connectivity index (χ1) is 4.99. The lowest BCUT2D eigenvalue weighted by molar-refractivity contribution is 0.226. The molecule has 2 N–H and O–H groups in total. The highest BCUT2D eigenvalue weighted by atomic mass is 15.1. The van der Waals surface area contributed by atoms with Crippen molar-refractivity contribution in [1.29, 1.82) is 0 Å². The van der Waals surface area contributed by atoms with Crippen LogP contribution in [0.1, 0.15) is 26.7 Å². The Hall–Kier alpha value is -0.0800. The molecular weight excluding hydrogens is 136 g/mol. The lowest BCUT2D eigenvalue weighted by atomic mass is 9.86. The lowest BCUT2D eigenvalue weighted by Crippen LogP contribution is -2.30. The third kappa shape index (κ3) is 2.80. The molecule has 2 nitrogen and oxygen atoms in total. The smallest absolute Gasteiger partial charge is 0.00565 e. The molecule has 1 rings (SSSR count). The molecule has 0 amide bonds. The number of rotatable bonds is 0. The van der Waals surface area contributed by atoms with Crippen LogP contribution in [0.3, 0.4) is 0 Å². The Morgan fingerprint density at radius 1 is 1.45 bits per heavy atom. The van der Waals surface area contributed by atoms with Crippen LogP contribution in [-0.2, 0) is 0 Å². The Balaban J connectivity index is 2.55. The minimum Gasteiger partial charge on any atom is -0.328 e. The van der Waals surface area contributed by atoms with Gasteiger partial charge in [0, 0.05) is 12.6 Å². The zero-order chi connectivity index (χ0) is 8.48. The van der Waals surface area contributed by atoms with Gasteiger partial charge in [-0.15, -0.1) is 0 Å². The number of hydrogen-bond acceptors (Lipinski definition) is 2. The minimum atomic E-state index is 0.407. The van der Waals surface area contributed by atoms with E-state index in [1.165, 1.54) is 6.54 Å². The summed E-state index contributed by atoms with van der Waals surface area (Å²) in [7, 11) is 2.18. The highest BCUT2D eigenvalue weighted by Crippen LogP contribution is 2.26. The summed E-state index contributed by atoms with van der Waals surface area (Å²) in [6.07, 6.45) is 2.32. The Morgan fingerprint density at radius 2 is 2.09 bits per heavy atom.